The van der Waals surface area contributed by atoms with Gasteiger partial charge in [0, 0.05) is 12.2 Å². The molecular formula is C35H32N2O2. The number of carbonyl (C=O) groups is 1. The minimum Gasteiger partial charge on any atom is -0.489 e. The Morgan fingerprint density at radius 2 is 1.13 bits per heavy atom. The monoisotopic (exact) mass is 512 g/mol. The summed E-state index contributed by atoms with van der Waals surface area (Å²) in [4.78, 5) is 15.8. The molecule has 0 saturated carbocycles. The van der Waals surface area contributed by atoms with Crippen molar-refractivity contribution in [2.75, 3.05) is 5.32 Å². The number of nitrogens with one attached hydrogen (secondary N) is 1. The van der Waals surface area contributed by atoms with Crippen LogP contribution in [-0.4, -0.2) is 10.9 Å². The molecule has 0 aliphatic carbocycles. The SMILES string of the molecule is O=C(Nc1ccccc1)N(Cc1ccccc1)C(Cc1ccccc1)c1ccc(OCc2ccccc2)cc1. The topological polar surface area (TPSA) is 41.6 Å². The van der Waals surface area contributed by atoms with Gasteiger partial charge in [0.15, 0.2) is 0 Å². The molecule has 0 radical (unpaired) electrons. The summed E-state index contributed by atoms with van der Waals surface area (Å²) in [6, 6.07) is 48.0. The number of rotatable bonds is 10. The van der Waals surface area contributed by atoms with E-state index in [1.165, 1.54) is 0 Å². The molecule has 0 saturated heterocycles. The third kappa shape index (κ3) is 7.36. The highest BCUT2D eigenvalue weighted by Gasteiger charge is 2.26. The Morgan fingerprint density at radius 3 is 1.72 bits per heavy atom. The molecule has 5 aromatic carbocycles. The van der Waals surface area contributed by atoms with Crippen molar-refractivity contribution in [3.05, 3.63) is 168 Å². The van der Waals surface area contributed by atoms with E-state index in [0.29, 0.717) is 19.6 Å². The van der Waals surface area contributed by atoms with Crippen molar-refractivity contribution in [2.24, 2.45) is 0 Å². The Bertz CT molecular complexity index is 1420. The largest absolute Gasteiger partial charge is 0.489 e. The van der Waals surface area contributed by atoms with Crippen LogP contribution in [0.4, 0.5) is 10.5 Å². The van der Waals surface area contributed by atoms with Gasteiger partial charge in [-0.3, -0.25) is 0 Å². The number of benzene rings is 5. The molecule has 0 bridgehead atoms. The number of para-hydroxylation sites is 1. The summed E-state index contributed by atoms with van der Waals surface area (Å²) < 4.78 is 6.03. The first-order valence-corrected chi connectivity index (χ1v) is 13.2. The summed E-state index contributed by atoms with van der Waals surface area (Å²) in [5.74, 6) is 0.796. The molecule has 0 spiro atoms. The fourth-order valence-corrected chi connectivity index (χ4v) is 4.59. The zero-order valence-electron chi connectivity index (χ0n) is 21.8. The average Bonchev–Trinajstić information content (AvgIpc) is 3.00. The van der Waals surface area contributed by atoms with Crippen LogP contribution >= 0.6 is 0 Å². The molecule has 0 aromatic heterocycles. The standard InChI is InChI=1S/C35H32N2O2/c38-35(36-32-19-11-4-12-20-32)37(26-29-15-7-2-8-16-29)34(25-28-13-5-1-6-14-28)31-21-23-33(24-22-31)39-27-30-17-9-3-10-18-30/h1-24,34H,25-27H2,(H,36,38). The number of urea groups is 1. The maximum Gasteiger partial charge on any atom is 0.322 e. The number of anilines is 1. The second-order valence-corrected chi connectivity index (χ2v) is 9.46. The lowest BCUT2D eigenvalue weighted by Crippen LogP contribution is -2.38. The summed E-state index contributed by atoms with van der Waals surface area (Å²) in [5.41, 5.74) is 5.17. The van der Waals surface area contributed by atoms with Gasteiger partial charge in [-0.15, -0.1) is 0 Å². The second-order valence-electron chi connectivity index (χ2n) is 9.46. The fraction of sp³-hybridized carbons (Fsp3) is 0.114. The van der Waals surface area contributed by atoms with Gasteiger partial charge in [-0.1, -0.05) is 121 Å². The van der Waals surface area contributed by atoms with E-state index in [1.807, 2.05) is 102 Å². The van der Waals surface area contributed by atoms with E-state index in [4.69, 9.17) is 4.74 Å². The van der Waals surface area contributed by atoms with Gasteiger partial charge < -0.3 is 15.0 Å². The highest BCUT2D eigenvalue weighted by Crippen LogP contribution is 2.30. The first-order valence-electron chi connectivity index (χ1n) is 13.2. The maximum absolute atomic E-state index is 13.8. The van der Waals surface area contributed by atoms with E-state index < -0.39 is 0 Å². The number of carbonyl (C=O) groups excluding carboxylic acids is 1. The van der Waals surface area contributed by atoms with Gasteiger partial charge >= 0.3 is 6.03 Å². The zero-order valence-corrected chi connectivity index (χ0v) is 21.8. The Labute approximate surface area is 230 Å². The van der Waals surface area contributed by atoms with Crippen molar-refractivity contribution in [2.45, 2.75) is 25.6 Å². The van der Waals surface area contributed by atoms with Gasteiger partial charge in [-0.2, -0.15) is 0 Å². The molecule has 39 heavy (non-hydrogen) atoms. The quantitative estimate of drug-likeness (QED) is 0.205. The molecule has 0 aliphatic rings. The smallest absolute Gasteiger partial charge is 0.322 e. The van der Waals surface area contributed by atoms with E-state index in [-0.39, 0.29) is 12.1 Å². The third-order valence-electron chi connectivity index (χ3n) is 6.64. The molecular weight excluding hydrogens is 480 g/mol. The number of nitrogens with zero attached hydrogens (tertiary/aromatic N) is 1. The summed E-state index contributed by atoms with van der Waals surface area (Å²) in [5, 5.41) is 3.11. The molecule has 1 unspecified atom stereocenters. The molecule has 0 heterocycles. The second kappa shape index (κ2) is 13.1. The fourth-order valence-electron chi connectivity index (χ4n) is 4.59. The Balaban J connectivity index is 1.44. The van der Waals surface area contributed by atoms with E-state index in [9.17, 15) is 4.79 Å². The van der Waals surface area contributed by atoms with E-state index in [0.717, 1.165) is 33.7 Å². The summed E-state index contributed by atoms with van der Waals surface area (Å²) >= 11 is 0. The molecule has 1 atom stereocenters. The van der Waals surface area contributed by atoms with Gasteiger partial charge in [0.1, 0.15) is 12.4 Å². The number of ether oxygens (including phenoxy) is 1. The Kier molecular flexibility index (Phi) is 8.67. The van der Waals surface area contributed by atoms with Gasteiger partial charge in [-0.05, 0) is 52.9 Å². The normalized spacial score (nSPS) is 11.4. The summed E-state index contributed by atoms with van der Waals surface area (Å²) in [6.45, 7) is 0.983. The predicted octanol–water partition coefficient (Wildman–Crippen LogP) is 8.28. The molecule has 5 aromatic rings. The third-order valence-corrected chi connectivity index (χ3v) is 6.64. The number of hydrogen-bond donors (Lipinski definition) is 1. The predicted molar refractivity (Wildman–Crippen MR) is 158 cm³/mol. The summed E-state index contributed by atoms with van der Waals surface area (Å²) in [7, 11) is 0. The number of hydrogen-bond acceptors (Lipinski definition) is 2. The number of amides is 2. The molecule has 4 heteroatoms. The molecule has 1 N–H and O–H groups in total. The zero-order chi connectivity index (χ0) is 26.7. The lowest BCUT2D eigenvalue weighted by molar-refractivity contribution is 0.183. The highest BCUT2D eigenvalue weighted by atomic mass is 16.5. The molecule has 2 amide bonds. The van der Waals surface area contributed by atoms with Gasteiger partial charge in [-0.25, -0.2) is 4.79 Å². The first kappa shape index (κ1) is 25.8. The lowest BCUT2D eigenvalue weighted by atomic mass is 9.96. The van der Waals surface area contributed by atoms with Crippen LogP contribution in [0.5, 0.6) is 5.75 Å². The molecule has 5 rings (SSSR count). The Hall–Kier alpha value is -4.83. The van der Waals surface area contributed by atoms with Crippen molar-refractivity contribution < 1.29 is 9.53 Å². The van der Waals surface area contributed by atoms with E-state index in [1.54, 1.807) is 0 Å². The van der Waals surface area contributed by atoms with Gasteiger partial charge in [0.25, 0.3) is 0 Å². The molecule has 0 fully saturated rings. The van der Waals surface area contributed by atoms with Crippen molar-refractivity contribution in [3.8, 4) is 5.75 Å². The van der Waals surface area contributed by atoms with E-state index in [2.05, 4.69) is 53.8 Å². The van der Waals surface area contributed by atoms with Gasteiger partial charge in [0.2, 0.25) is 0 Å². The molecule has 4 nitrogen and oxygen atoms in total. The van der Waals surface area contributed by atoms with Crippen LogP contribution in [0.2, 0.25) is 0 Å². The van der Waals surface area contributed by atoms with Crippen LogP contribution < -0.4 is 10.1 Å². The minimum absolute atomic E-state index is 0.143. The lowest BCUT2D eigenvalue weighted by Gasteiger charge is -2.33. The highest BCUT2D eigenvalue weighted by molar-refractivity contribution is 5.89. The van der Waals surface area contributed by atoms with E-state index >= 15 is 0 Å². The van der Waals surface area contributed by atoms with Crippen LogP contribution in [0.25, 0.3) is 0 Å². The average molecular weight is 513 g/mol. The summed E-state index contributed by atoms with van der Waals surface area (Å²) in [6.07, 6.45) is 0.681. The molecule has 194 valence electrons. The Morgan fingerprint density at radius 1 is 0.615 bits per heavy atom. The van der Waals surface area contributed by atoms with Crippen LogP contribution in [0.15, 0.2) is 146 Å². The van der Waals surface area contributed by atoms with Crippen LogP contribution in [-0.2, 0) is 19.6 Å². The van der Waals surface area contributed by atoms with Crippen LogP contribution in [0.1, 0.15) is 28.3 Å². The van der Waals surface area contributed by atoms with Crippen LogP contribution in [0.3, 0.4) is 0 Å². The van der Waals surface area contributed by atoms with Crippen molar-refractivity contribution >= 4 is 11.7 Å². The van der Waals surface area contributed by atoms with Crippen LogP contribution in [0, 0.1) is 0 Å². The minimum atomic E-state index is -0.195. The van der Waals surface area contributed by atoms with Gasteiger partial charge in [0.05, 0.1) is 6.04 Å². The molecule has 0 aliphatic heterocycles. The van der Waals surface area contributed by atoms with Crippen molar-refractivity contribution in [1.82, 2.24) is 4.90 Å². The maximum atomic E-state index is 13.8. The first-order chi connectivity index (χ1) is 19.2. The van der Waals surface area contributed by atoms with Crippen molar-refractivity contribution in [1.29, 1.82) is 0 Å². The van der Waals surface area contributed by atoms with Crippen molar-refractivity contribution in [3.63, 3.8) is 0 Å².